The Morgan fingerprint density at radius 2 is 1.17 bits per heavy atom. The number of halogens is 1. The van der Waals surface area contributed by atoms with Crippen LogP contribution in [0.1, 0.15) is 30.5 Å². The van der Waals surface area contributed by atoms with Gasteiger partial charge in [-0.2, -0.15) is 0 Å². The largest absolute Gasteiger partial charge is 0.477 e. The smallest absolute Gasteiger partial charge is 0.374 e. The van der Waals surface area contributed by atoms with Crippen LogP contribution < -0.4 is 0 Å². The van der Waals surface area contributed by atoms with Crippen LogP contribution in [0.25, 0.3) is 0 Å². The van der Waals surface area contributed by atoms with Crippen molar-refractivity contribution in [3.63, 3.8) is 0 Å². The molecular formula is C31H38FO8P. The van der Waals surface area contributed by atoms with Crippen molar-refractivity contribution < 1.29 is 41.5 Å². The van der Waals surface area contributed by atoms with Crippen molar-refractivity contribution in [2.75, 3.05) is 19.8 Å². The van der Waals surface area contributed by atoms with Gasteiger partial charge in [-0.3, -0.25) is 13.6 Å². The molecule has 0 aliphatic carbocycles. The summed E-state index contributed by atoms with van der Waals surface area (Å²) in [6.45, 7) is 4.04. The van der Waals surface area contributed by atoms with E-state index < -0.39 is 38.6 Å². The number of alkyl halides is 1. The van der Waals surface area contributed by atoms with Crippen molar-refractivity contribution in [2.45, 2.75) is 64.4 Å². The molecule has 10 heteroatoms. The average molecular weight is 589 g/mol. The molecule has 0 amide bonds. The van der Waals surface area contributed by atoms with Gasteiger partial charge in [0.2, 0.25) is 6.29 Å². The molecule has 1 aliphatic rings. The second-order valence-corrected chi connectivity index (χ2v) is 11.0. The summed E-state index contributed by atoms with van der Waals surface area (Å²) >= 11 is 0. The molecule has 3 aromatic carbocycles. The lowest BCUT2D eigenvalue weighted by atomic mass is 9.99. The Hall–Kier alpha value is -2.46. The van der Waals surface area contributed by atoms with Gasteiger partial charge in [-0.15, -0.1) is 0 Å². The molecule has 1 fully saturated rings. The highest BCUT2D eigenvalue weighted by Crippen LogP contribution is 2.52. The topological polar surface area (TPSA) is 81.7 Å². The van der Waals surface area contributed by atoms with Gasteiger partial charge in [-0.25, -0.2) is 8.96 Å². The van der Waals surface area contributed by atoms with Gasteiger partial charge < -0.3 is 18.9 Å². The molecule has 0 bridgehead atoms. The molecule has 8 nitrogen and oxygen atoms in total. The minimum Gasteiger partial charge on any atom is -0.374 e. The van der Waals surface area contributed by atoms with Crippen molar-refractivity contribution in [1.82, 2.24) is 0 Å². The monoisotopic (exact) mass is 588 g/mol. The maximum atomic E-state index is 16.2. The maximum Gasteiger partial charge on any atom is 0.477 e. The first-order chi connectivity index (χ1) is 20.0. The van der Waals surface area contributed by atoms with Crippen molar-refractivity contribution in [3.05, 3.63) is 108 Å². The van der Waals surface area contributed by atoms with E-state index in [0.717, 1.165) is 16.7 Å². The summed E-state index contributed by atoms with van der Waals surface area (Å²) in [5, 5.41) is 0. The highest BCUT2D eigenvalue weighted by atomic mass is 31.2. The summed E-state index contributed by atoms with van der Waals surface area (Å²) in [4.78, 5) is 0. The Labute approximate surface area is 241 Å². The number of phosphoric ester groups is 1. The molecule has 222 valence electrons. The second kappa shape index (κ2) is 16.2. The first-order valence-electron chi connectivity index (χ1n) is 13.8. The highest BCUT2D eigenvalue weighted by molar-refractivity contribution is 7.48. The number of hydrogen-bond acceptors (Lipinski definition) is 8. The molecule has 4 rings (SSSR count). The van der Waals surface area contributed by atoms with E-state index in [9.17, 15) is 4.57 Å². The van der Waals surface area contributed by atoms with Gasteiger partial charge in [0.05, 0.1) is 39.6 Å². The summed E-state index contributed by atoms with van der Waals surface area (Å²) in [5.74, 6) is 0. The molecule has 0 unspecified atom stereocenters. The van der Waals surface area contributed by atoms with E-state index >= 15 is 4.39 Å². The number of benzene rings is 3. The second-order valence-electron chi connectivity index (χ2n) is 9.40. The average Bonchev–Trinajstić information content (AvgIpc) is 2.99. The number of hydrogen-bond donors (Lipinski definition) is 0. The molecule has 3 aromatic rings. The van der Waals surface area contributed by atoms with Crippen LogP contribution in [0.3, 0.4) is 0 Å². The van der Waals surface area contributed by atoms with Crippen LogP contribution in [0.4, 0.5) is 4.39 Å². The predicted molar refractivity (Wildman–Crippen MR) is 152 cm³/mol. The number of rotatable bonds is 16. The van der Waals surface area contributed by atoms with Gasteiger partial charge in [-0.05, 0) is 30.5 Å². The minimum absolute atomic E-state index is 0.0414. The van der Waals surface area contributed by atoms with E-state index in [0.29, 0.717) is 6.61 Å². The van der Waals surface area contributed by atoms with E-state index in [4.69, 9.17) is 32.5 Å². The van der Waals surface area contributed by atoms with E-state index in [1.807, 2.05) is 91.0 Å². The normalized spacial score (nSPS) is 23.0. The Balaban J connectivity index is 1.58. The fourth-order valence-electron chi connectivity index (χ4n) is 4.42. The highest BCUT2D eigenvalue weighted by Gasteiger charge is 2.51. The molecule has 5 atom stereocenters. The van der Waals surface area contributed by atoms with Crippen molar-refractivity contribution in [1.29, 1.82) is 0 Å². The van der Waals surface area contributed by atoms with E-state index in [1.165, 1.54) is 0 Å². The van der Waals surface area contributed by atoms with Crippen LogP contribution in [-0.4, -0.2) is 50.6 Å². The number of ether oxygens (including phenoxy) is 4. The molecule has 0 saturated carbocycles. The zero-order chi connectivity index (χ0) is 28.9. The molecule has 0 spiro atoms. The van der Waals surface area contributed by atoms with Gasteiger partial charge in [0.1, 0.15) is 18.3 Å². The van der Waals surface area contributed by atoms with Gasteiger partial charge in [0.15, 0.2) is 6.17 Å². The molecule has 0 aromatic heterocycles. The quantitative estimate of drug-likeness (QED) is 0.173. The first-order valence-corrected chi connectivity index (χ1v) is 15.3. The SMILES string of the molecule is CCOP(=O)(OCC)O[C@H]1O[C@H](COCc2ccccc2)[C@@H](OCc2ccccc2)[C@H](OCc2ccccc2)[C@@H]1F. The van der Waals surface area contributed by atoms with E-state index in [2.05, 4.69) is 0 Å². The Morgan fingerprint density at radius 1 is 0.707 bits per heavy atom. The standard InChI is InChI=1S/C31H38FO8P/c1-3-37-41(33,38-4-2)40-31-28(32)30(36-22-26-18-12-7-13-19-26)29(35-21-25-16-10-6-11-17-25)27(39-31)23-34-20-24-14-8-5-9-15-24/h5-19,27-31H,3-4,20-23H2,1-2H3/t27-,28+,29-,30-,31-/m1/s1. The third-order valence-electron chi connectivity index (χ3n) is 6.34. The van der Waals surface area contributed by atoms with Crippen LogP contribution in [0.5, 0.6) is 0 Å². The maximum absolute atomic E-state index is 16.2. The predicted octanol–water partition coefficient (Wildman–Crippen LogP) is 6.63. The zero-order valence-corrected chi connectivity index (χ0v) is 24.3. The van der Waals surface area contributed by atoms with Crippen LogP contribution >= 0.6 is 7.82 Å². The van der Waals surface area contributed by atoms with Crippen molar-refractivity contribution >= 4 is 7.82 Å². The lowest BCUT2D eigenvalue weighted by Crippen LogP contribution is -2.59. The van der Waals surface area contributed by atoms with Gasteiger partial charge >= 0.3 is 7.82 Å². The Morgan fingerprint density at radius 3 is 1.66 bits per heavy atom. The lowest BCUT2D eigenvalue weighted by Gasteiger charge is -2.43. The van der Waals surface area contributed by atoms with Crippen molar-refractivity contribution in [2.24, 2.45) is 0 Å². The molecule has 1 saturated heterocycles. The van der Waals surface area contributed by atoms with Crippen molar-refractivity contribution in [3.8, 4) is 0 Å². The number of phosphoric acid groups is 1. The van der Waals surface area contributed by atoms with Gasteiger partial charge in [0.25, 0.3) is 0 Å². The third-order valence-corrected chi connectivity index (χ3v) is 7.96. The Bertz CT molecular complexity index is 1180. The molecule has 0 radical (unpaired) electrons. The van der Waals surface area contributed by atoms with Gasteiger partial charge in [0, 0.05) is 0 Å². The fourth-order valence-corrected chi connectivity index (χ4v) is 5.67. The van der Waals surface area contributed by atoms with Crippen LogP contribution in [0, 0.1) is 0 Å². The molecule has 41 heavy (non-hydrogen) atoms. The molecule has 0 N–H and O–H groups in total. The summed E-state index contributed by atoms with van der Waals surface area (Å²) in [5.41, 5.74) is 2.73. The Kier molecular flexibility index (Phi) is 12.5. The molecule has 1 heterocycles. The van der Waals surface area contributed by atoms with Crippen LogP contribution in [-0.2, 0) is 56.9 Å². The molecular weight excluding hydrogens is 550 g/mol. The fraction of sp³-hybridized carbons (Fsp3) is 0.419. The molecule has 1 aliphatic heterocycles. The first kappa shape index (κ1) is 31.5. The van der Waals surface area contributed by atoms with E-state index in [1.54, 1.807) is 13.8 Å². The van der Waals surface area contributed by atoms with Crippen LogP contribution in [0.2, 0.25) is 0 Å². The summed E-state index contributed by atoms with van der Waals surface area (Å²) < 4.78 is 70.0. The summed E-state index contributed by atoms with van der Waals surface area (Å²) in [7, 11) is -4.11. The van der Waals surface area contributed by atoms with Gasteiger partial charge in [-0.1, -0.05) is 91.0 Å². The summed E-state index contributed by atoms with van der Waals surface area (Å²) in [6, 6.07) is 28.6. The minimum atomic E-state index is -4.11. The third kappa shape index (κ3) is 9.53. The zero-order valence-electron chi connectivity index (χ0n) is 23.4. The summed E-state index contributed by atoms with van der Waals surface area (Å²) in [6.07, 6.45) is -6.32. The van der Waals surface area contributed by atoms with Crippen LogP contribution in [0.15, 0.2) is 91.0 Å². The lowest BCUT2D eigenvalue weighted by molar-refractivity contribution is -0.289. The van der Waals surface area contributed by atoms with E-state index in [-0.39, 0.29) is 33.0 Å².